The van der Waals surface area contributed by atoms with Crippen molar-refractivity contribution in [2.75, 3.05) is 16.4 Å². The van der Waals surface area contributed by atoms with Crippen molar-refractivity contribution in [3.05, 3.63) is 93.6 Å². The van der Waals surface area contributed by atoms with Crippen molar-refractivity contribution < 1.29 is 19.4 Å². The fourth-order valence-corrected chi connectivity index (χ4v) is 3.75. The van der Waals surface area contributed by atoms with E-state index in [0.717, 1.165) is 9.13 Å². The predicted molar refractivity (Wildman–Crippen MR) is 143 cm³/mol. The van der Waals surface area contributed by atoms with Gasteiger partial charge in [-0.05, 0) is 78.1 Å². The molecule has 34 heavy (non-hydrogen) atoms. The van der Waals surface area contributed by atoms with Gasteiger partial charge in [-0.15, -0.1) is 0 Å². The van der Waals surface area contributed by atoms with Crippen molar-refractivity contribution in [3.8, 4) is 5.75 Å². The van der Waals surface area contributed by atoms with Crippen molar-refractivity contribution >= 4 is 51.7 Å². The molecule has 2 atom stereocenters. The van der Waals surface area contributed by atoms with E-state index in [4.69, 9.17) is 10.5 Å². The Hall–Kier alpha value is -3.53. The number of hydrogen-bond acceptors (Lipinski definition) is 5. The van der Waals surface area contributed by atoms with E-state index in [1.807, 2.05) is 19.1 Å². The second-order valence-corrected chi connectivity index (χ2v) is 9.06. The number of benzene rings is 3. The topological polar surface area (TPSA) is 114 Å². The van der Waals surface area contributed by atoms with Crippen LogP contribution in [0.1, 0.15) is 24.2 Å². The summed E-state index contributed by atoms with van der Waals surface area (Å²) in [5, 5.41) is 15.9. The maximum Gasteiger partial charge on any atom is 0.412 e. The maximum absolute atomic E-state index is 12.7. The van der Waals surface area contributed by atoms with Crippen LogP contribution in [0.5, 0.6) is 5.75 Å². The van der Waals surface area contributed by atoms with Crippen molar-refractivity contribution in [1.29, 1.82) is 0 Å². The SMILES string of the molecule is Cc1ccc(NC(=O)O[C@@H](c2cc(I)ccc2O)[C@H](C)/C=C/C(=O)Nc2ccccc2N)cc1. The summed E-state index contributed by atoms with van der Waals surface area (Å²) in [7, 11) is 0. The highest BCUT2D eigenvalue weighted by atomic mass is 127. The molecule has 0 heterocycles. The van der Waals surface area contributed by atoms with Gasteiger partial charge in [0.25, 0.3) is 0 Å². The number of nitrogens with two attached hydrogens (primary N) is 1. The summed E-state index contributed by atoms with van der Waals surface area (Å²) >= 11 is 2.12. The van der Waals surface area contributed by atoms with E-state index in [-0.39, 0.29) is 11.7 Å². The zero-order valence-corrected chi connectivity index (χ0v) is 20.9. The zero-order chi connectivity index (χ0) is 24.7. The van der Waals surface area contributed by atoms with Gasteiger partial charge >= 0.3 is 6.09 Å². The minimum absolute atomic E-state index is 0.00434. The van der Waals surface area contributed by atoms with Crippen LogP contribution in [-0.4, -0.2) is 17.1 Å². The average Bonchev–Trinajstić information content (AvgIpc) is 2.80. The summed E-state index contributed by atoms with van der Waals surface area (Å²) < 4.78 is 6.59. The Balaban J connectivity index is 1.78. The lowest BCUT2D eigenvalue weighted by atomic mass is 9.96. The van der Waals surface area contributed by atoms with Gasteiger partial charge in [-0.1, -0.05) is 42.8 Å². The van der Waals surface area contributed by atoms with Gasteiger partial charge in [0.05, 0.1) is 11.4 Å². The number of carbonyl (C=O) groups excluding carboxylic acids is 2. The molecule has 3 aromatic rings. The first-order valence-electron chi connectivity index (χ1n) is 10.6. The number of phenols is 1. The van der Waals surface area contributed by atoms with E-state index in [0.29, 0.717) is 22.6 Å². The van der Waals surface area contributed by atoms with Gasteiger partial charge in [-0.2, -0.15) is 0 Å². The van der Waals surface area contributed by atoms with Crippen LogP contribution in [0.2, 0.25) is 0 Å². The quantitative estimate of drug-likeness (QED) is 0.158. The summed E-state index contributed by atoms with van der Waals surface area (Å²) in [4.78, 5) is 25.1. The lowest BCUT2D eigenvalue weighted by molar-refractivity contribution is -0.111. The Morgan fingerprint density at radius 3 is 2.47 bits per heavy atom. The van der Waals surface area contributed by atoms with Crippen molar-refractivity contribution in [2.24, 2.45) is 5.92 Å². The third kappa shape index (κ3) is 6.98. The molecule has 0 bridgehead atoms. The molecular formula is C26H26IN3O4. The van der Waals surface area contributed by atoms with Crippen LogP contribution in [0.15, 0.2) is 78.9 Å². The predicted octanol–water partition coefficient (Wildman–Crippen LogP) is 6.01. The molecule has 2 amide bonds. The van der Waals surface area contributed by atoms with Crippen LogP contribution in [0.3, 0.4) is 0 Å². The van der Waals surface area contributed by atoms with E-state index in [9.17, 15) is 14.7 Å². The first kappa shape index (κ1) is 25.1. The average molecular weight is 571 g/mol. The molecule has 3 aromatic carbocycles. The number of nitrogens with one attached hydrogen (secondary N) is 2. The van der Waals surface area contributed by atoms with Gasteiger partial charge in [0.1, 0.15) is 11.9 Å². The fraction of sp³-hybridized carbons (Fsp3) is 0.154. The zero-order valence-electron chi connectivity index (χ0n) is 18.8. The molecule has 0 aliphatic carbocycles. The molecule has 0 radical (unpaired) electrons. The van der Waals surface area contributed by atoms with E-state index in [2.05, 4.69) is 33.2 Å². The van der Waals surface area contributed by atoms with E-state index in [1.54, 1.807) is 67.6 Å². The van der Waals surface area contributed by atoms with Crippen molar-refractivity contribution in [2.45, 2.75) is 20.0 Å². The lowest BCUT2D eigenvalue weighted by Gasteiger charge is -2.24. The Bertz CT molecular complexity index is 1190. The molecule has 0 spiro atoms. The number of halogens is 1. The number of amides is 2. The first-order valence-corrected chi connectivity index (χ1v) is 11.7. The number of nitrogen functional groups attached to an aromatic ring is 1. The molecule has 8 heteroatoms. The Kier molecular flexibility index (Phi) is 8.53. The Morgan fingerprint density at radius 2 is 1.76 bits per heavy atom. The van der Waals surface area contributed by atoms with Crippen molar-refractivity contribution in [1.82, 2.24) is 0 Å². The number of anilines is 3. The number of ether oxygens (including phenoxy) is 1. The molecule has 0 unspecified atom stereocenters. The number of aryl methyl sites for hydroxylation is 1. The smallest absolute Gasteiger partial charge is 0.412 e. The molecule has 0 saturated heterocycles. The van der Waals surface area contributed by atoms with Gasteiger partial charge in [-0.25, -0.2) is 4.79 Å². The molecular weight excluding hydrogens is 545 g/mol. The van der Waals surface area contributed by atoms with E-state index < -0.39 is 18.1 Å². The van der Waals surface area contributed by atoms with Crippen LogP contribution in [0.4, 0.5) is 21.9 Å². The van der Waals surface area contributed by atoms with Crippen LogP contribution >= 0.6 is 22.6 Å². The van der Waals surface area contributed by atoms with Gasteiger partial charge in [0.2, 0.25) is 5.91 Å². The molecule has 0 saturated carbocycles. The maximum atomic E-state index is 12.7. The number of phenolic OH excluding ortho intramolecular Hbond substituents is 1. The highest BCUT2D eigenvalue weighted by Gasteiger charge is 2.25. The number of rotatable bonds is 7. The van der Waals surface area contributed by atoms with Crippen LogP contribution < -0.4 is 16.4 Å². The summed E-state index contributed by atoms with van der Waals surface area (Å²) in [6, 6.07) is 19.3. The third-order valence-corrected chi connectivity index (χ3v) is 5.75. The second-order valence-electron chi connectivity index (χ2n) is 7.81. The third-order valence-electron chi connectivity index (χ3n) is 5.08. The van der Waals surface area contributed by atoms with Gasteiger partial charge in [0, 0.05) is 20.7 Å². The van der Waals surface area contributed by atoms with Crippen molar-refractivity contribution in [3.63, 3.8) is 0 Å². The normalized spacial score (nSPS) is 12.7. The first-order chi connectivity index (χ1) is 16.2. The molecule has 176 valence electrons. The molecule has 0 fully saturated rings. The summed E-state index contributed by atoms with van der Waals surface area (Å²) in [6.45, 7) is 3.75. The Labute approximate surface area is 212 Å². The minimum Gasteiger partial charge on any atom is -0.508 e. The van der Waals surface area contributed by atoms with Crippen LogP contribution in [-0.2, 0) is 9.53 Å². The Morgan fingerprint density at radius 1 is 1.06 bits per heavy atom. The van der Waals surface area contributed by atoms with Crippen LogP contribution in [0.25, 0.3) is 0 Å². The highest BCUT2D eigenvalue weighted by Crippen LogP contribution is 2.35. The number of aromatic hydroxyl groups is 1. The molecule has 0 aromatic heterocycles. The lowest BCUT2D eigenvalue weighted by Crippen LogP contribution is -2.21. The van der Waals surface area contributed by atoms with E-state index >= 15 is 0 Å². The summed E-state index contributed by atoms with van der Waals surface area (Å²) in [5.41, 5.74) is 8.93. The molecule has 7 nitrogen and oxygen atoms in total. The number of para-hydroxylation sites is 2. The molecule has 3 rings (SSSR count). The van der Waals surface area contributed by atoms with Gasteiger partial charge in [0.15, 0.2) is 0 Å². The highest BCUT2D eigenvalue weighted by molar-refractivity contribution is 14.1. The summed E-state index contributed by atoms with van der Waals surface area (Å²) in [6.07, 6.45) is 1.47. The standard InChI is InChI=1S/C26H26IN3O4/c1-16-7-11-19(12-8-16)29-26(33)34-25(20-15-18(27)10-13-23(20)31)17(2)9-14-24(32)30-22-6-4-3-5-21(22)28/h3-15,17,25,31H,28H2,1-2H3,(H,29,33)(H,30,32)/b14-9+/t17-,25-/m1/s1. The number of carbonyl (C=O) groups is 2. The van der Waals surface area contributed by atoms with Gasteiger partial charge in [-0.3, -0.25) is 10.1 Å². The summed E-state index contributed by atoms with van der Waals surface area (Å²) in [5.74, 6) is -0.818. The molecule has 0 aliphatic heterocycles. The molecule has 5 N–H and O–H groups in total. The van der Waals surface area contributed by atoms with Crippen LogP contribution in [0, 0.1) is 16.4 Å². The van der Waals surface area contributed by atoms with E-state index in [1.165, 1.54) is 6.08 Å². The second kappa shape index (κ2) is 11.6. The minimum atomic E-state index is -0.842. The van der Waals surface area contributed by atoms with Gasteiger partial charge < -0.3 is 20.9 Å². The fourth-order valence-electron chi connectivity index (χ4n) is 3.23. The number of hydrogen-bond donors (Lipinski definition) is 4. The molecule has 0 aliphatic rings. The monoisotopic (exact) mass is 571 g/mol. The largest absolute Gasteiger partial charge is 0.508 e.